The molecule has 2 aromatic rings. The van der Waals surface area contributed by atoms with Gasteiger partial charge < -0.3 is 19.7 Å². The molecule has 1 heterocycles. The average Bonchev–Trinajstić information content (AvgIpc) is 2.63. The zero-order valence-corrected chi connectivity index (χ0v) is 14.2. The molecule has 0 aliphatic carbocycles. The minimum absolute atomic E-state index is 0.480. The van der Waals surface area contributed by atoms with Gasteiger partial charge in [0.1, 0.15) is 12.2 Å². The maximum atomic E-state index is 12.9. The number of hydrogen-bond acceptors (Lipinski definition) is 5. The summed E-state index contributed by atoms with van der Waals surface area (Å²) in [7, 11) is 0. The minimum Gasteiger partial charge on any atom is -0.385 e. The van der Waals surface area contributed by atoms with E-state index >= 15 is 0 Å². The van der Waals surface area contributed by atoms with Gasteiger partial charge in [-0.1, -0.05) is 60.7 Å². The highest BCUT2D eigenvalue weighted by atomic mass is 16.7. The molecule has 1 saturated heterocycles. The van der Waals surface area contributed by atoms with Gasteiger partial charge in [0.2, 0.25) is 0 Å². The Morgan fingerprint density at radius 2 is 1.16 bits per heavy atom. The molecular formula is C20H22O5. The van der Waals surface area contributed by atoms with Crippen LogP contribution in [-0.2, 0) is 14.3 Å². The van der Waals surface area contributed by atoms with Crippen molar-refractivity contribution in [3.8, 4) is 0 Å². The summed E-state index contributed by atoms with van der Waals surface area (Å²) in [5.41, 5.74) is 1.15. The number of hydrogen-bond donors (Lipinski definition) is 2. The van der Waals surface area contributed by atoms with E-state index in [-0.39, 0.29) is 0 Å². The first-order valence-electron chi connectivity index (χ1n) is 8.24. The minimum atomic E-state index is -1.14. The highest BCUT2D eigenvalue weighted by Gasteiger charge is 2.48. The van der Waals surface area contributed by atoms with Crippen molar-refractivity contribution in [1.29, 1.82) is 0 Å². The maximum absolute atomic E-state index is 12.9. The number of aliphatic hydroxyl groups is 2. The molecule has 2 N–H and O–H groups in total. The zero-order valence-electron chi connectivity index (χ0n) is 14.2. The fraction of sp³-hybridized carbons (Fsp3) is 0.350. The smallest absolute Gasteiger partial charge is 0.196 e. The molecular weight excluding hydrogens is 320 g/mol. The third-order valence-electron chi connectivity index (χ3n) is 4.24. The number of rotatable bonds is 4. The second kappa shape index (κ2) is 7.06. The number of ether oxygens (including phenoxy) is 2. The molecule has 1 fully saturated rings. The Morgan fingerprint density at radius 3 is 1.52 bits per heavy atom. The number of carbonyl (C=O) groups is 1. The molecule has 25 heavy (non-hydrogen) atoms. The van der Waals surface area contributed by atoms with Crippen LogP contribution in [0.2, 0.25) is 0 Å². The summed E-state index contributed by atoms with van der Waals surface area (Å²) < 4.78 is 11.4. The van der Waals surface area contributed by atoms with Crippen molar-refractivity contribution in [2.75, 3.05) is 0 Å². The quantitative estimate of drug-likeness (QED) is 0.893. The first kappa shape index (κ1) is 17.8. The van der Waals surface area contributed by atoms with Crippen molar-refractivity contribution in [3.05, 3.63) is 71.8 Å². The number of benzene rings is 2. The first-order chi connectivity index (χ1) is 11.9. The van der Waals surface area contributed by atoms with Crippen molar-refractivity contribution in [2.24, 2.45) is 0 Å². The number of aliphatic hydroxyl groups excluding tert-OH is 2. The summed E-state index contributed by atoms with van der Waals surface area (Å²) in [4.78, 5) is 12.9. The van der Waals surface area contributed by atoms with Crippen molar-refractivity contribution in [3.63, 3.8) is 0 Å². The lowest BCUT2D eigenvalue weighted by Gasteiger charge is -2.42. The topological polar surface area (TPSA) is 76.0 Å². The van der Waals surface area contributed by atoms with Crippen LogP contribution in [0.15, 0.2) is 60.7 Å². The van der Waals surface area contributed by atoms with E-state index in [0.717, 1.165) is 0 Å². The van der Waals surface area contributed by atoms with Crippen LogP contribution >= 0.6 is 0 Å². The van der Waals surface area contributed by atoms with Gasteiger partial charge in [-0.3, -0.25) is 4.79 Å². The van der Waals surface area contributed by atoms with E-state index in [1.54, 1.807) is 62.4 Å². The Bertz CT molecular complexity index is 654. The second-order valence-corrected chi connectivity index (χ2v) is 6.59. The molecule has 3 rings (SSSR count). The summed E-state index contributed by atoms with van der Waals surface area (Å²) in [6, 6.07) is 17.7. The average molecular weight is 342 g/mol. The van der Waals surface area contributed by atoms with Gasteiger partial charge in [-0.2, -0.15) is 0 Å². The molecule has 1 aliphatic heterocycles. The molecule has 2 aromatic carbocycles. The van der Waals surface area contributed by atoms with Crippen molar-refractivity contribution in [1.82, 2.24) is 0 Å². The molecule has 5 heteroatoms. The molecule has 1 aliphatic rings. The van der Waals surface area contributed by atoms with Gasteiger partial charge in [0, 0.05) is 0 Å². The van der Waals surface area contributed by atoms with E-state index in [9.17, 15) is 15.0 Å². The van der Waals surface area contributed by atoms with Gasteiger partial charge in [-0.05, 0) is 25.0 Å². The highest BCUT2D eigenvalue weighted by Crippen LogP contribution is 2.35. The van der Waals surface area contributed by atoms with E-state index in [2.05, 4.69) is 0 Å². The summed E-state index contributed by atoms with van der Waals surface area (Å²) in [5.74, 6) is -1.60. The van der Waals surface area contributed by atoms with Gasteiger partial charge in [0.25, 0.3) is 0 Å². The largest absolute Gasteiger partial charge is 0.385 e. The highest BCUT2D eigenvalue weighted by molar-refractivity contribution is 5.89. The van der Waals surface area contributed by atoms with Gasteiger partial charge in [-0.25, -0.2) is 0 Å². The van der Waals surface area contributed by atoms with Crippen LogP contribution in [0.1, 0.15) is 37.2 Å². The Balaban J connectivity index is 1.89. The number of carbonyl (C=O) groups excluding carboxylic acids is 1. The molecule has 0 aromatic heterocycles. The Kier molecular flexibility index (Phi) is 5.01. The van der Waals surface area contributed by atoms with Crippen molar-refractivity contribution >= 4 is 5.78 Å². The molecule has 4 atom stereocenters. The molecule has 5 nitrogen and oxygen atoms in total. The van der Waals surface area contributed by atoms with Crippen LogP contribution in [-0.4, -0.2) is 34.0 Å². The summed E-state index contributed by atoms with van der Waals surface area (Å²) in [5, 5.41) is 21.3. The Labute approximate surface area is 146 Å². The van der Waals surface area contributed by atoms with Crippen LogP contribution in [0, 0.1) is 0 Å². The molecule has 1 unspecified atom stereocenters. The molecule has 0 radical (unpaired) electrons. The van der Waals surface area contributed by atoms with Gasteiger partial charge in [0.15, 0.2) is 23.8 Å². The fourth-order valence-electron chi connectivity index (χ4n) is 3.01. The van der Waals surface area contributed by atoms with Gasteiger partial charge in [-0.15, -0.1) is 0 Å². The van der Waals surface area contributed by atoms with Crippen LogP contribution in [0.3, 0.4) is 0 Å². The van der Waals surface area contributed by atoms with E-state index in [4.69, 9.17) is 9.47 Å². The van der Waals surface area contributed by atoms with E-state index in [1.165, 1.54) is 0 Å². The molecule has 0 bridgehead atoms. The summed E-state index contributed by atoms with van der Waals surface area (Å²) in [6.45, 7) is 3.32. The lowest BCUT2D eigenvalue weighted by atomic mass is 9.92. The van der Waals surface area contributed by atoms with Crippen LogP contribution in [0.25, 0.3) is 0 Å². The van der Waals surface area contributed by atoms with E-state index in [0.29, 0.717) is 11.1 Å². The molecule has 0 saturated carbocycles. The lowest BCUT2D eigenvalue weighted by Crippen LogP contribution is -2.55. The SMILES string of the molecule is CC1(C)OC([C@H](O)c2ccccc2)C(=O)[C@@H]([C@H](O)c2ccccc2)O1. The summed E-state index contributed by atoms with van der Waals surface area (Å²) >= 11 is 0. The summed E-state index contributed by atoms with van der Waals surface area (Å²) in [6.07, 6.45) is -4.51. The first-order valence-corrected chi connectivity index (χ1v) is 8.24. The van der Waals surface area contributed by atoms with Crippen LogP contribution < -0.4 is 0 Å². The predicted molar refractivity (Wildman–Crippen MR) is 91.6 cm³/mol. The van der Waals surface area contributed by atoms with Crippen molar-refractivity contribution < 1.29 is 24.5 Å². The number of Topliss-reactive ketones (excluding diaryl/α,β-unsaturated/α-hetero) is 1. The fourth-order valence-corrected chi connectivity index (χ4v) is 3.01. The zero-order chi connectivity index (χ0) is 18.0. The van der Waals surface area contributed by atoms with Gasteiger partial charge >= 0.3 is 0 Å². The maximum Gasteiger partial charge on any atom is 0.196 e. The normalized spacial score (nSPS) is 25.4. The van der Waals surface area contributed by atoms with Crippen molar-refractivity contribution in [2.45, 2.75) is 44.1 Å². The standard InChI is InChI=1S/C20H22O5/c1-20(2)24-18(15(21)13-9-5-3-6-10-13)17(23)19(25-20)16(22)14-11-7-4-8-12-14/h3-12,15-16,18-19,21-22H,1-2H3/t15-,16-,18-,19?/m1/s1. The van der Waals surface area contributed by atoms with Crippen LogP contribution in [0.5, 0.6) is 0 Å². The van der Waals surface area contributed by atoms with E-state index < -0.39 is 36.0 Å². The molecule has 0 amide bonds. The Hall–Kier alpha value is -2.05. The third kappa shape index (κ3) is 3.80. The Morgan fingerprint density at radius 1 is 0.800 bits per heavy atom. The third-order valence-corrected chi connectivity index (χ3v) is 4.24. The predicted octanol–water partition coefficient (Wildman–Crippen LogP) is 2.54. The second-order valence-electron chi connectivity index (χ2n) is 6.59. The lowest BCUT2D eigenvalue weighted by molar-refractivity contribution is -0.302. The molecule has 0 spiro atoms. The molecule has 132 valence electrons. The number of ketones is 1. The monoisotopic (exact) mass is 342 g/mol. The van der Waals surface area contributed by atoms with Gasteiger partial charge in [0.05, 0.1) is 0 Å². The van der Waals surface area contributed by atoms with E-state index in [1.807, 2.05) is 12.1 Å². The van der Waals surface area contributed by atoms with Crippen LogP contribution in [0.4, 0.5) is 0 Å².